The lowest BCUT2D eigenvalue weighted by Gasteiger charge is -2.25. The number of rotatable bonds is 3. The molecule has 4 heteroatoms. The van der Waals surface area contributed by atoms with Gasteiger partial charge in [-0.1, -0.05) is 6.42 Å². The number of pyridine rings is 1. The minimum Gasteiger partial charge on any atom is -0.325 e. The van der Waals surface area contributed by atoms with E-state index in [0.29, 0.717) is 6.54 Å². The van der Waals surface area contributed by atoms with Gasteiger partial charge in [-0.25, -0.2) is 0 Å². The molecule has 1 fully saturated rings. The van der Waals surface area contributed by atoms with E-state index in [1.807, 2.05) is 0 Å². The van der Waals surface area contributed by atoms with Crippen LogP contribution >= 0.6 is 0 Å². The predicted octanol–water partition coefficient (Wildman–Crippen LogP) is 1.51. The fraction of sp³-hybridized carbons (Fsp3) is 0.500. The van der Waals surface area contributed by atoms with Gasteiger partial charge in [0.2, 0.25) is 5.91 Å². The topological polar surface area (TPSA) is 45.2 Å². The van der Waals surface area contributed by atoms with E-state index in [1.54, 1.807) is 24.5 Å². The van der Waals surface area contributed by atoms with Gasteiger partial charge in [-0.3, -0.25) is 14.7 Å². The lowest BCUT2D eigenvalue weighted by atomic mass is 10.1. The maximum Gasteiger partial charge on any atom is 0.238 e. The average molecular weight is 219 g/mol. The molecule has 0 radical (unpaired) electrons. The van der Waals surface area contributed by atoms with E-state index >= 15 is 0 Å². The second-order valence-electron chi connectivity index (χ2n) is 4.12. The first-order valence-corrected chi connectivity index (χ1v) is 5.77. The summed E-state index contributed by atoms with van der Waals surface area (Å²) in [5, 5.41) is 2.87. The highest BCUT2D eigenvalue weighted by atomic mass is 16.2. The number of nitrogens with one attached hydrogen (secondary N) is 1. The van der Waals surface area contributed by atoms with Gasteiger partial charge >= 0.3 is 0 Å². The normalized spacial score (nSPS) is 17.0. The van der Waals surface area contributed by atoms with Crippen LogP contribution in [-0.2, 0) is 4.79 Å². The molecule has 0 saturated carbocycles. The molecule has 2 heterocycles. The number of hydrogen-bond donors (Lipinski definition) is 1. The summed E-state index contributed by atoms with van der Waals surface area (Å²) in [6, 6.07) is 3.60. The smallest absolute Gasteiger partial charge is 0.238 e. The van der Waals surface area contributed by atoms with Gasteiger partial charge in [-0.2, -0.15) is 0 Å². The lowest BCUT2D eigenvalue weighted by Crippen LogP contribution is -2.36. The minimum atomic E-state index is 0.0631. The number of piperidine rings is 1. The first kappa shape index (κ1) is 11.1. The van der Waals surface area contributed by atoms with Crippen LogP contribution in [0.1, 0.15) is 19.3 Å². The molecule has 0 atom stereocenters. The van der Waals surface area contributed by atoms with E-state index in [4.69, 9.17) is 0 Å². The first-order chi connectivity index (χ1) is 7.84. The lowest BCUT2D eigenvalue weighted by molar-refractivity contribution is -0.117. The molecule has 1 amide bonds. The Morgan fingerprint density at radius 1 is 1.25 bits per heavy atom. The summed E-state index contributed by atoms with van der Waals surface area (Å²) in [4.78, 5) is 17.8. The second-order valence-corrected chi connectivity index (χ2v) is 4.12. The number of hydrogen-bond acceptors (Lipinski definition) is 3. The van der Waals surface area contributed by atoms with Gasteiger partial charge in [0.15, 0.2) is 0 Å². The van der Waals surface area contributed by atoms with Gasteiger partial charge in [0.1, 0.15) is 0 Å². The number of likely N-dealkylation sites (tertiary alicyclic amines) is 1. The molecule has 0 aliphatic carbocycles. The highest BCUT2D eigenvalue weighted by Gasteiger charge is 2.13. The van der Waals surface area contributed by atoms with E-state index < -0.39 is 0 Å². The second kappa shape index (κ2) is 5.61. The Morgan fingerprint density at radius 2 is 1.94 bits per heavy atom. The third-order valence-corrected chi connectivity index (χ3v) is 2.78. The standard InChI is InChI=1S/C12H17N3O/c16-12(10-15-8-2-1-3-9-15)14-11-4-6-13-7-5-11/h4-7H,1-3,8-10H2,(H,13,14,16). The molecule has 1 aromatic heterocycles. The summed E-state index contributed by atoms with van der Waals surface area (Å²) in [7, 11) is 0. The van der Waals surface area contributed by atoms with Crippen molar-refractivity contribution in [2.24, 2.45) is 0 Å². The Hall–Kier alpha value is -1.42. The van der Waals surface area contributed by atoms with E-state index in [-0.39, 0.29) is 5.91 Å². The van der Waals surface area contributed by atoms with Gasteiger partial charge < -0.3 is 5.32 Å². The molecule has 0 unspecified atom stereocenters. The van der Waals surface area contributed by atoms with Gasteiger partial charge in [0, 0.05) is 18.1 Å². The van der Waals surface area contributed by atoms with E-state index in [2.05, 4.69) is 15.2 Å². The molecule has 0 bridgehead atoms. The summed E-state index contributed by atoms with van der Waals surface area (Å²) < 4.78 is 0. The summed E-state index contributed by atoms with van der Waals surface area (Å²) in [6.45, 7) is 2.59. The summed E-state index contributed by atoms with van der Waals surface area (Å²) in [5.74, 6) is 0.0631. The van der Waals surface area contributed by atoms with Crippen molar-refractivity contribution in [1.29, 1.82) is 0 Å². The Labute approximate surface area is 95.7 Å². The maximum atomic E-state index is 11.7. The molecule has 4 nitrogen and oxygen atoms in total. The number of nitrogens with zero attached hydrogens (tertiary/aromatic N) is 2. The Morgan fingerprint density at radius 3 is 2.62 bits per heavy atom. The van der Waals surface area contributed by atoms with Crippen molar-refractivity contribution in [3.8, 4) is 0 Å². The first-order valence-electron chi connectivity index (χ1n) is 5.77. The number of anilines is 1. The molecule has 1 aliphatic heterocycles. The SMILES string of the molecule is O=C(CN1CCCCC1)Nc1ccncc1. The summed E-state index contributed by atoms with van der Waals surface area (Å²) >= 11 is 0. The van der Waals surface area contributed by atoms with Gasteiger partial charge in [0.25, 0.3) is 0 Å². The molecule has 0 spiro atoms. The molecule has 1 aromatic rings. The van der Waals surface area contributed by atoms with Crippen LogP contribution in [0.3, 0.4) is 0 Å². The number of carbonyl (C=O) groups is 1. The van der Waals surface area contributed by atoms with Crippen molar-refractivity contribution in [2.45, 2.75) is 19.3 Å². The zero-order valence-corrected chi connectivity index (χ0v) is 9.35. The van der Waals surface area contributed by atoms with Crippen molar-refractivity contribution in [3.05, 3.63) is 24.5 Å². The molecular weight excluding hydrogens is 202 g/mol. The molecular formula is C12H17N3O. The molecule has 0 aromatic carbocycles. The molecule has 2 rings (SSSR count). The monoisotopic (exact) mass is 219 g/mol. The molecule has 1 aliphatic rings. The van der Waals surface area contributed by atoms with Crippen molar-refractivity contribution < 1.29 is 4.79 Å². The van der Waals surface area contributed by atoms with Crippen LogP contribution < -0.4 is 5.32 Å². The largest absolute Gasteiger partial charge is 0.325 e. The summed E-state index contributed by atoms with van der Waals surface area (Å²) in [6.07, 6.45) is 7.07. The molecule has 86 valence electrons. The third-order valence-electron chi connectivity index (χ3n) is 2.78. The van der Waals surface area contributed by atoms with Crippen LogP contribution in [-0.4, -0.2) is 35.4 Å². The summed E-state index contributed by atoms with van der Waals surface area (Å²) in [5.41, 5.74) is 0.817. The van der Waals surface area contributed by atoms with Crippen molar-refractivity contribution in [3.63, 3.8) is 0 Å². The third kappa shape index (κ3) is 3.31. The Kier molecular flexibility index (Phi) is 3.88. The molecule has 16 heavy (non-hydrogen) atoms. The highest BCUT2D eigenvalue weighted by Crippen LogP contribution is 2.09. The fourth-order valence-corrected chi connectivity index (χ4v) is 1.96. The minimum absolute atomic E-state index is 0.0631. The average Bonchev–Trinajstić information content (AvgIpc) is 2.31. The number of carbonyl (C=O) groups excluding carboxylic acids is 1. The van der Waals surface area contributed by atoms with Gasteiger partial charge in [0.05, 0.1) is 6.54 Å². The van der Waals surface area contributed by atoms with E-state index in [1.165, 1.54) is 19.3 Å². The van der Waals surface area contributed by atoms with Crippen LogP contribution in [0.2, 0.25) is 0 Å². The van der Waals surface area contributed by atoms with E-state index in [9.17, 15) is 4.79 Å². The van der Waals surface area contributed by atoms with Crippen LogP contribution in [0, 0.1) is 0 Å². The molecule has 1 N–H and O–H groups in total. The zero-order chi connectivity index (χ0) is 11.2. The number of amides is 1. The van der Waals surface area contributed by atoms with Crippen LogP contribution in [0.25, 0.3) is 0 Å². The van der Waals surface area contributed by atoms with Crippen LogP contribution in [0.4, 0.5) is 5.69 Å². The zero-order valence-electron chi connectivity index (χ0n) is 9.35. The van der Waals surface area contributed by atoms with Crippen molar-refractivity contribution >= 4 is 11.6 Å². The molecule has 1 saturated heterocycles. The Balaban J connectivity index is 1.80. The van der Waals surface area contributed by atoms with Crippen LogP contribution in [0.5, 0.6) is 0 Å². The fourth-order valence-electron chi connectivity index (χ4n) is 1.96. The maximum absolute atomic E-state index is 11.7. The predicted molar refractivity (Wildman–Crippen MR) is 63.2 cm³/mol. The Bertz CT molecular complexity index is 333. The van der Waals surface area contributed by atoms with Gasteiger partial charge in [-0.15, -0.1) is 0 Å². The quantitative estimate of drug-likeness (QED) is 0.838. The van der Waals surface area contributed by atoms with Crippen LogP contribution in [0.15, 0.2) is 24.5 Å². The van der Waals surface area contributed by atoms with Crippen molar-refractivity contribution in [2.75, 3.05) is 25.0 Å². The van der Waals surface area contributed by atoms with Crippen molar-refractivity contribution in [1.82, 2.24) is 9.88 Å². The van der Waals surface area contributed by atoms with E-state index in [0.717, 1.165) is 18.8 Å². The highest BCUT2D eigenvalue weighted by molar-refractivity contribution is 5.92. The van der Waals surface area contributed by atoms with Gasteiger partial charge in [-0.05, 0) is 38.1 Å². The number of aromatic nitrogens is 1.